The fourth-order valence-electron chi connectivity index (χ4n) is 1.22. The summed E-state index contributed by atoms with van der Waals surface area (Å²) in [5.74, 6) is -2.91. The predicted octanol–water partition coefficient (Wildman–Crippen LogP) is 2.89. The molecule has 0 amide bonds. The van der Waals surface area contributed by atoms with Crippen LogP contribution in [0.4, 0.5) is 8.78 Å². The van der Waals surface area contributed by atoms with E-state index in [1.165, 1.54) is 12.1 Å². The Balaban J connectivity index is 3.01. The second-order valence-corrected chi connectivity index (χ2v) is 3.60. The van der Waals surface area contributed by atoms with E-state index in [0.29, 0.717) is 0 Å². The van der Waals surface area contributed by atoms with Crippen molar-refractivity contribution < 1.29 is 13.9 Å². The molecule has 1 unspecified atom stereocenters. The Morgan fingerprint density at radius 1 is 1.43 bits per heavy atom. The minimum Gasteiger partial charge on any atom is -0.396 e. The van der Waals surface area contributed by atoms with Gasteiger partial charge < -0.3 is 5.11 Å². The number of aliphatic hydroxyl groups excluding tert-OH is 1. The summed E-state index contributed by atoms with van der Waals surface area (Å²) < 4.78 is 25.9. The van der Waals surface area contributed by atoms with Crippen LogP contribution in [0.3, 0.4) is 0 Å². The summed E-state index contributed by atoms with van der Waals surface area (Å²) in [5, 5.41) is 8.89. The molecule has 14 heavy (non-hydrogen) atoms. The van der Waals surface area contributed by atoms with Crippen LogP contribution < -0.4 is 0 Å². The molecule has 0 fully saturated rings. The number of halogens is 2. The first kappa shape index (κ1) is 11.1. The van der Waals surface area contributed by atoms with Crippen molar-refractivity contribution in [3.05, 3.63) is 35.4 Å². The maximum Gasteiger partial charge on any atom is 0.270 e. The van der Waals surface area contributed by atoms with E-state index in [0.717, 1.165) is 12.5 Å². The van der Waals surface area contributed by atoms with Gasteiger partial charge in [0.1, 0.15) is 0 Å². The summed E-state index contributed by atoms with van der Waals surface area (Å²) in [4.78, 5) is 0. The SMILES string of the molecule is CC(CO)c1cccc(C(C)(F)F)c1. The number of benzene rings is 1. The van der Waals surface area contributed by atoms with Crippen molar-refractivity contribution in [2.45, 2.75) is 25.7 Å². The lowest BCUT2D eigenvalue weighted by Gasteiger charge is -2.14. The molecule has 0 aliphatic rings. The first-order chi connectivity index (χ1) is 6.45. The van der Waals surface area contributed by atoms with Gasteiger partial charge in [-0.1, -0.05) is 25.1 Å². The van der Waals surface area contributed by atoms with Crippen molar-refractivity contribution in [2.24, 2.45) is 0 Å². The van der Waals surface area contributed by atoms with Gasteiger partial charge in [-0.25, -0.2) is 8.78 Å². The summed E-state index contributed by atoms with van der Waals surface area (Å²) in [6, 6.07) is 6.18. The second-order valence-electron chi connectivity index (χ2n) is 3.60. The molecular weight excluding hydrogens is 186 g/mol. The monoisotopic (exact) mass is 200 g/mol. The highest BCUT2D eigenvalue weighted by Gasteiger charge is 2.24. The van der Waals surface area contributed by atoms with Gasteiger partial charge in [0.2, 0.25) is 0 Å². The van der Waals surface area contributed by atoms with Crippen molar-refractivity contribution in [3.63, 3.8) is 0 Å². The standard InChI is InChI=1S/C11H14F2O/c1-8(7-14)9-4-3-5-10(6-9)11(2,12)13/h3-6,8,14H,7H2,1-2H3. The molecule has 78 valence electrons. The van der Waals surface area contributed by atoms with Crippen molar-refractivity contribution >= 4 is 0 Å². The lowest BCUT2D eigenvalue weighted by Crippen LogP contribution is -2.08. The molecule has 1 atom stereocenters. The zero-order valence-corrected chi connectivity index (χ0v) is 8.30. The van der Waals surface area contributed by atoms with E-state index >= 15 is 0 Å². The Morgan fingerprint density at radius 3 is 2.57 bits per heavy atom. The van der Waals surface area contributed by atoms with Gasteiger partial charge in [0.05, 0.1) is 0 Å². The number of hydrogen-bond donors (Lipinski definition) is 1. The van der Waals surface area contributed by atoms with Crippen molar-refractivity contribution in [1.29, 1.82) is 0 Å². The largest absolute Gasteiger partial charge is 0.396 e. The van der Waals surface area contributed by atoms with Crippen molar-refractivity contribution in [3.8, 4) is 0 Å². The second kappa shape index (κ2) is 4.05. The molecule has 0 radical (unpaired) electrons. The van der Waals surface area contributed by atoms with Crippen molar-refractivity contribution in [1.82, 2.24) is 0 Å². The van der Waals surface area contributed by atoms with E-state index in [1.54, 1.807) is 19.1 Å². The molecule has 0 bridgehead atoms. The number of hydrogen-bond acceptors (Lipinski definition) is 1. The lowest BCUT2D eigenvalue weighted by atomic mass is 9.98. The average molecular weight is 200 g/mol. The third-order valence-electron chi connectivity index (χ3n) is 2.24. The predicted molar refractivity (Wildman–Crippen MR) is 51.5 cm³/mol. The Kier molecular flexibility index (Phi) is 3.21. The van der Waals surface area contributed by atoms with Gasteiger partial charge in [-0.15, -0.1) is 0 Å². The van der Waals surface area contributed by atoms with E-state index in [2.05, 4.69) is 0 Å². The zero-order valence-electron chi connectivity index (χ0n) is 8.30. The van der Waals surface area contributed by atoms with Crippen LogP contribution in [0.15, 0.2) is 24.3 Å². The zero-order chi connectivity index (χ0) is 10.8. The van der Waals surface area contributed by atoms with E-state index < -0.39 is 5.92 Å². The Labute approximate surface area is 82.4 Å². The Bertz CT molecular complexity index is 304. The molecule has 1 aromatic rings. The highest BCUT2D eigenvalue weighted by molar-refractivity contribution is 5.28. The van der Waals surface area contributed by atoms with Crippen LogP contribution >= 0.6 is 0 Å². The number of alkyl halides is 2. The molecule has 0 aliphatic carbocycles. The van der Waals surface area contributed by atoms with Gasteiger partial charge in [-0.2, -0.15) is 0 Å². The van der Waals surface area contributed by atoms with Crippen LogP contribution in [0.25, 0.3) is 0 Å². The molecule has 0 aliphatic heterocycles. The van der Waals surface area contributed by atoms with Gasteiger partial charge in [-0.3, -0.25) is 0 Å². The molecule has 0 aromatic heterocycles. The van der Waals surface area contributed by atoms with Gasteiger partial charge in [-0.05, 0) is 11.6 Å². The summed E-state index contributed by atoms with van der Waals surface area (Å²) in [5.41, 5.74) is 0.738. The third-order valence-corrected chi connectivity index (χ3v) is 2.24. The minimum absolute atomic E-state index is 0.00435. The Hall–Kier alpha value is -0.960. The highest BCUT2D eigenvalue weighted by atomic mass is 19.3. The van der Waals surface area contributed by atoms with Crippen LogP contribution in [0.1, 0.15) is 30.9 Å². The van der Waals surface area contributed by atoms with Crippen LogP contribution in [0, 0.1) is 0 Å². The van der Waals surface area contributed by atoms with Gasteiger partial charge >= 0.3 is 0 Å². The summed E-state index contributed by atoms with van der Waals surface area (Å²) in [7, 11) is 0. The first-order valence-corrected chi connectivity index (χ1v) is 4.54. The molecular formula is C11H14F2O. The van der Waals surface area contributed by atoms with Crippen molar-refractivity contribution in [2.75, 3.05) is 6.61 Å². The van der Waals surface area contributed by atoms with Crippen LogP contribution in [0.5, 0.6) is 0 Å². The van der Waals surface area contributed by atoms with E-state index in [-0.39, 0.29) is 18.1 Å². The van der Waals surface area contributed by atoms with Crippen LogP contribution in [-0.2, 0) is 5.92 Å². The smallest absolute Gasteiger partial charge is 0.270 e. The van der Waals surface area contributed by atoms with Gasteiger partial charge in [0.15, 0.2) is 0 Å². The molecule has 0 saturated heterocycles. The Morgan fingerprint density at radius 2 is 2.07 bits per heavy atom. The van der Waals surface area contributed by atoms with Crippen LogP contribution in [-0.4, -0.2) is 11.7 Å². The van der Waals surface area contributed by atoms with Gasteiger partial charge in [0.25, 0.3) is 5.92 Å². The molecule has 3 heteroatoms. The first-order valence-electron chi connectivity index (χ1n) is 4.54. The van der Waals surface area contributed by atoms with Gasteiger partial charge in [0, 0.05) is 25.0 Å². The number of aliphatic hydroxyl groups is 1. The van der Waals surface area contributed by atoms with E-state index in [9.17, 15) is 8.78 Å². The fraction of sp³-hybridized carbons (Fsp3) is 0.455. The van der Waals surface area contributed by atoms with E-state index in [1.807, 2.05) is 0 Å². The summed E-state index contributed by atoms with van der Waals surface area (Å²) in [6.07, 6.45) is 0. The molecule has 1 N–H and O–H groups in total. The molecule has 1 nitrogen and oxygen atoms in total. The quantitative estimate of drug-likeness (QED) is 0.795. The summed E-state index contributed by atoms with van der Waals surface area (Å²) in [6.45, 7) is 2.64. The van der Waals surface area contributed by atoms with Crippen LogP contribution in [0.2, 0.25) is 0 Å². The topological polar surface area (TPSA) is 20.2 Å². The minimum atomic E-state index is -2.81. The molecule has 0 spiro atoms. The normalized spacial score (nSPS) is 14.1. The molecule has 1 rings (SSSR count). The highest BCUT2D eigenvalue weighted by Crippen LogP contribution is 2.28. The fourth-order valence-corrected chi connectivity index (χ4v) is 1.22. The molecule has 0 saturated carbocycles. The average Bonchev–Trinajstić information content (AvgIpc) is 2.15. The summed E-state index contributed by atoms with van der Waals surface area (Å²) >= 11 is 0. The third kappa shape index (κ3) is 2.51. The maximum atomic E-state index is 12.9. The lowest BCUT2D eigenvalue weighted by molar-refractivity contribution is 0.0173. The number of rotatable bonds is 3. The van der Waals surface area contributed by atoms with E-state index in [4.69, 9.17) is 5.11 Å². The molecule has 0 heterocycles. The maximum absolute atomic E-state index is 12.9. The molecule has 1 aromatic carbocycles.